The first-order chi connectivity index (χ1) is 14.4. The Morgan fingerprint density at radius 1 is 1.03 bits per heavy atom. The summed E-state index contributed by atoms with van der Waals surface area (Å²) in [5.74, 6) is 1.62. The summed E-state index contributed by atoms with van der Waals surface area (Å²) in [6.45, 7) is 9.78. The Labute approximate surface area is 185 Å². The Morgan fingerprint density at radius 2 is 1.61 bits per heavy atom. The van der Waals surface area contributed by atoms with Crippen LogP contribution in [0.1, 0.15) is 86.0 Å². The highest BCUT2D eigenvalue weighted by Crippen LogP contribution is 2.60. The topological polar surface area (TPSA) is 78.9 Å². The van der Waals surface area contributed by atoms with Crippen LogP contribution in [0.25, 0.3) is 0 Å². The maximum Gasteiger partial charge on any atom is 0.312 e. The van der Waals surface area contributed by atoms with Crippen molar-refractivity contribution in [2.45, 2.75) is 97.7 Å². The molecule has 1 aliphatic heterocycles. The van der Waals surface area contributed by atoms with Gasteiger partial charge in [0, 0.05) is 0 Å². The van der Waals surface area contributed by atoms with Crippen LogP contribution in [0.4, 0.5) is 0 Å². The molecule has 5 fully saturated rings. The molecule has 1 saturated heterocycles. The molecule has 4 bridgehead atoms. The molecule has 6 heteroatoms. The number of hydrogen-bond acceptors (Lipinski definition) is 6. The van der Waals surface area contributed by atoms with E-state index in [0.29, 0.717) is 24.7 Å². The largest absolute Gasteiger partial charge is 0.462 e. The molecule has 31 heavy (non-hydrogen) atoms. The predicted octanol–water partition coefficient (Wildman–Crippen LogP) is 4.44. The maximum absolute atomic E-state index is 13.4. The van der Waals surface area contributed by atoms with Crippen molar-refractivity contribution in [3.63, 3.8) is 0 Å². The summed E-state index contributed by atoms with van der Waals surface area (Å²) in [5.41, 5.74) is -2.03. The fraction of sp³-hybridized carbons (Fsp3) is 0.880. The minimum atomic E-state index is -0.834. The van der Waals surface area contributed by atoms with E-state index in [1.165, 1.54) is 32.1 Å². The van der Waals surface area contributed by atoms with Crippen molar-refractivity contribution >= 4 is 17.9 Å². The van der Waals surface area contributed by atoms with E-state index in [9.17, 15) is 14.4 Å². The average Bonchev–Trinajstić information content (AvgIpc) is 3.09. The van der Waals surface area contributed by atoms with Gasteiger partial charge in [0.2, 0.25) is 0 Å². The normalized spacial score (nSPS) is 38.5. The minimum Gasteiger partial charge on any atom is -0.462 e. The third-order valence-corrected chi connectivity index (χ3v) is 8.83. The fourth-order valence-electron chi connectivity index (χ4n) is 6.87. The molecule has 2 atom stereocenters. The van der Waals surface area contributed by atoms with Gasteiger partial charge in [0.15, 0.2) is 0 Å². The molecule has 0 N–H and O–H groups in total. The first-order valence-electron chi connectivity index (χ1n) is 12.1. The summed E-state index contributed by atoms with van der Waals surface area (Å²) in [7, 11) is 0. The Morgan fingerprint density at radius 3 is 2.10 bits per heavy atom. The van der Waals surface area contributed by atoms with E-state index in [2.05, 4.69) is 6.92 Å². The molecule has 1 heterocycles. The monoisotopic (exact) mass is 434 g/mol. The lowest BCUT2D eigenvalue weighted by atomic mass is 9.50. The second-order valence-electron chi connectivity index (χ2n) is 11.8. The van der Waals surface area contributed by atoms with Gasteiger partial charge in [-0.3, -0.25) is 14.4 Å². The third kappa shape index (κ3) is 4.11. The van der Waals surface area contributed by atoms with E-state index >= 15 is 0 Å². The lowest BCUT2D eigenvalue weighted by Crippen LogP contribution is -2.59. The third-order valence-electron chi connectivity index (χ3n) is 8.83. The molecular weight excluding hydrogens is 396 g/mol. The molecule has 0 spiro atoms. The molecule has 174 valence electrons. The number of hydrogen-bond donors (Lipinski definition) is 0. The summed E-state index contributed by atoms with van der Waals surface area (Å²) in [6, 6.07) is 0. The van der Waals surface area contributed by atoms with Crippen LogP contribution in [0.5, 0.6) is 0 Å². The number of carbonyl (C=O) groups excluding carboxylic acids is 3. The molecule has 0 amide bonds. The molecule has 6 nitrogen and oxygen atoms in total. The fourth-order valence-corrected chi connectivity index (χ4v) is 6.87. The second-order valence-corrected chi connectivity index (χ2v) is 11.8. The highest BCUT2D eigenvalue weighted by molar-refractivity contribution is 5.81. The zero-order valence-corrected chi connectivity index (χ0v) is 19.7. The van der Waals surface area contributed by atoms with Crippen LogP contribution in [0, 0.1) is 34.5 Å². The molecule has 0 aromatic rings. The molecule has 4 saturated carbocycles. The van der Waals surface area contributed by atoms with Crippen molar-refractivity contribution in [2.24, 2.45) is 34.5 Å². The van der Waals surface area contributed by atoms with Crippen molar-refractivity contribution in [1.29, 1.82) is 0 Å². The van der Waals surface area contributed by atoms with Gasteiger partial charge in [0.05, 0.1) is 17.3 Å². The first-order valence-corrected chi connectivity index (χ1v) is 12.1. The molecule has 0 aromatic carbocycles. The van der Waals surface area contributed by atoms with Gasteiger partial charge in [-0.25, -0.2) is 0 Å². The number of carbonyl (C=O) groups is 3. The first kappa shape index (κ1) is 22.6. The van der Waals surface area contributed by atoms with Crippen LogP contribution in [-0.2, 0) is 28.6 Å². The van der Waals surface area contributed by atoms with Crippen LogP contribution in [0.3, 0.4) is 0 Å². The van der Waals surface area contributed by atoms with Crippen molar-refractivity contribution in [3.05, 3.63) is 0 Å². The molecule has 5 rings (SSSR count). The molecule has 4 aliphatic carbocycles. The van der Waals surface area contributed by atoms with Crippen LogP contribution in [0.15, 0.2) is 0 Å². The van der Waals surface area contributed by atoms with Crippen molar-refractivity contribution < 1.29 is 28.6 Å². The Kier molecular flexibility index (Phi) is 5.66. The number of rotatable bonds is 7. The molecular formula is C25H38O6. The summed E-state index contributed by atoms with van der Waals surface area (Å²) in [5, 5.41) is 0. The minimum absolute atomic E-state index is 0.0973. The zero-order valence-electron chi connectivity index (χ0n) is 19.7. The van der Waals surface area contributed by atoms with Gasteiger partial charge >= 0.3 is 17.9 Å². The number of cyclic esters (lactones) is 1. The molecule has 2 unspecified atom stereocenters. The predicted molar refractivity (Wildman–Crippen MR) is 114 cm³/mol. The summed E-state index contributed by atoms with van der Waals surface area (Å²) >= 11 is 0. The highest BCUT2D eigenvalue weighted by Gasteiger charge is 2.58. The summed E-state index contributed by atoms with van der Waals surface area (Å²) in [4.78, 5) is 37.7. The quantitative estimate of drug-likeness (QED) is 0.435. The lowest BCUT2D eigenvalue weighted by molar-refractivity contribution is -0.212. The van der Waals surface area contributed by atoms with Crippen molar-refractivity contribution in [3.8, 4) is 0 Å². The van der Waals surface area contributed by atoms with Crippen molar-refractivity contribution in [1.82, 2.24) is 0 Å². The van der Waals surface area contributed by atoms with E-state index in [1.807, 2.05) is 27.7 Å². The van der Waals surface area contributed by atoms with Gasteiger partial charge in [0.25, 0.3) is 0 Å². The highest BCUT2D eigenvalue weighted by atomic mass is 16.6. The van der Waals surface area contributed by atoms with Gasteiger partial charge in [-0.05, 0) is 96.3 Å². The van der Waals surface area contributed by atoms with E-state index in [4.69, 9.17) is 14.2 Å². The molecule has 0 radical (unpaired) electrons. The summed E-state index contributed by atoms with van der Waals surface area (Å²) < 4.78 is 16.8. The van der Waals surface area contributed by atoms with Gasteiger partial charge in [-0.15, -0.1) is 0 Å². The lowest BCUT2D eigenvalue weighted by Gasteiger charge is -2.59. The maximum atomic E-state index is 13.4. The van der Waals surface area contributed by atoms with Gasteiger partial charge in [-0.2, -0.15) is 0 Å². The molecule has 5 aliphatic rings. The Hall–Kier alpha value is -1.59. The van der Waals surface area contributed by atoms with Gasteiger partial charge in [0.1, 0.15) is 18.3 Å². The van der Waals surface area contributed by atoms with E-state index < -0.39 is 16.9 Å². The average molecular weight is 435 g/mol. The summed E-state index contributed by atoms with van der Waals surface area (Å²) in [6.07, 6.45) is 6.51. The van der Waals surface area contributed by atoms with Crippen molar-refractivity contribution in [2.75, 3.05) is 6.61 Å². The Bertz CT molecular complexity index is 727. The number of ether oxygens (including phenoxy) is 3. The number of esters is 3. The van der Waals surface area contributed by atoms with Crippen LogP contribution >= 0.6 is 0 Å². The van der Waals surface area contributed by atoms with Crippen LogP contribution in [0.2, 0.25) is 0 Å². The SMILES string of the molecule is CCC(C)(CC(C)(C)C(=O)OC1(C)C2CC3CC(C2)CC1C3)C(=O)OC1COC(=O)C1. The zero-order chi connectivity index (χ0) is 22.6. The van der Waals surface area contributed by atoms with Gasteiger partial charge in [-0.1, -0.05) is 6.92 Å². The van der Waals surface area contributed by atoms with Crippen LogP contribution < -0.4 is 0 Å². The van der Waals surface area contributed by atoms with Crippen LogP contribution in [-0.4, -0.2) is 36.2 Å². The van der Waals surface area contributed by atoms with E-state index in [-0.39, 0.29) is 36.5 Å². The molecule has 0 aromatic heterocycles. The Balaban J connectivity index is 1.42. The van der Waals surface area contributed by atoms with E-state index in [0.717, 1.165) is 11.8 Å². The smallest absolute Gasteiger partial charge is 0.312 e. The standard InChI is InChI=1S/C25H38O6/c1-6-24(4,22(28)30-19-12-20(26)29-13-19)14-23(2,3)21(27)31-25(5)17-8-15-7-16(10-17)11-18(25)9-15/h15-19H,6-14H2,1-5H3. The van der Waals surface area contributed by atoms with E-state index in [1.54, 1.807) is 0 Å². The van der Waals surface area contributed by atoms with Gasteiger partial charge < -0.3 is 14.2 Å². The second kappa shape index (κ2) is 7.77.